The Bertz CT molecular complexity index is 332. The number of likely N-dealkylation sites (tertiary alicyclic amines) is 1. The molecule has 1 fully saturated rings. The number of hydrogen-bond acceptors (Lipinski definition) is 3. The minimum atomic E-state index is -0.433. The minimum absolute atomic E-state index is 0.150. The summed E-state index contributed by atoms with van der Waals surface area (Å²) in [6, 6.07) is 0. The molecule has 108 valence electrons. The van der Waals surface area contributed by atoms with Crippen LogP contribution >= 0.6 is 0 Å². The van der Waals surface area contributed by atoms with Crippen molar-refractivity contribution in [3.8, 4) is 12.3 Å². The molecule has 1 amide bonds. The smallest absolute Gasteiger partial charge is 0.410 e. The normalized spacial score (nSPS) is 18.8. The summed E-state index contributed by atoms with van der Waals surface area (Å²) < 4.78 is 10.9. The molecule has 0 aliphatic carbocycles. The first-order valence-corrected chi connectivity index (χ1v) is 6.86. The van der Waals surface area contributed by atoms with Gasteiger partial charge < -0.3 is 14.4 Å². The molecule has 1 heterocycles. The zero-order valence-electron chi connectivity index (χ0n) is 12.4. The number of hydrogen-bond donors (Lipinski definition) is 0. The Kier molecular flexibility index (Phi) is 5.68. The van der Waals surface area contributed by atoms with Crippen LogP contribution in [-0.2, 0) is 9.47 Å². The van der Waals surface area contributed by atoms with Crippen molar-refractivity contribution in [3.05, 3.63) is 0 Å². The molecular formula is C15H25NO3. The van der Waals surface area contributed by atoms with Crippen molar-refractivity contribution in [1.29, 1.82) is 0 Å². The van der Waals surface area contributed by atoms with Crippen molar-refractivity contribution in [2.45, 2.75) is 52.2 Å². The summed E-state index contributed by atoms with van der Waals surface area (Å²) in [5.41, 5.74) is -0.433. The Labute approximate surface area is 116 Å². The molecule has 1 atom stereocenters. The monoisotopic (exact) mass is 267 g/mol. The summed E-state index contributed by atoms with van der Waals surface area (Å²) in [5, 5.41) is 0. The molecule has 0 aromatic heterocycles. The van der Waals surface area contributed by atoms with E-state index in [1.165, 1.54) is 0 Å². The molecule has 0 N–H and O–H groups in total. The van der Waals surface area contributed by atoms with E-state index in [0.717, 1.165) is 25.9 Å². The van der Waals surface area contributed by atoms with Gasteiger partial charge in [-0.1, -0.05) is 5.92 Å². The fourth-order valence-electron chi connectivity index (χ4n) is 2.19. The van der Waals surface area contributed by atoms with Crippen LogP contribution in [0.15, 0.2) is 0 Å². The van der Waals surface area contributed by atoms with Gasteiger partial charge in [0.2, 0.25) is 0 Å². The van der Waals surface area contributed by atoms with E-state index in [1.54, 1.807) is 4.90 Å². The number of terminal acetylenes is 1. The quantitative estimate of drug-likeness (QED) is 0.738. The molecular weight excluding hydrogens is 242 g/mol. The highest BCUT2D eigenvalue weighted by molar-refractivity contribution is 5.68. The van der Waals surface area contributed by atoms with Gasteiger partial charge in [-0.05, 0) is 46.5 Å². The number of amides is 1. The van der Waals surface area contributed by atoms with Gasteiger partial charge in [0, 0.05) is 13.1 Å². The zero-order chi connectivity index (χ0) is 14.5. The standard InChI is InChI=1S/C15H25NO3/c1-6-11-18-12(2)13-7-9-16(10-8-13)14(17)19-15(3,4)5/h1,12-13H,7-11H2,2-5H3. The number of ether oxygens (including phenoxy) is 2. The lowest BCUT2D eigenvalue weighted by atomic mass is 9.92. The third kappa shape index (κ3) is 5.52. The molecule has 4 nitrogen and oxygen atoms in total. The summed E-state index contributed by atoms with van der Waals surface area (Å²) in [6.07, 6.45) is 6.98. The molecule has 0 spiro atoms. The van der Waals surface area contributed by atoms with Crippen LogP contribution in [0.3, 0.4) is 0 Å². The maximum Gasteiger partial charge on any atom is 0.410 e. The largest absolute Gasteiger partial charge is 0.444 e. The van der Waals surface area contributed by atoms with Crippen molar-refractivity contribution in [3.63, 3.8) is 0 Å². The highest BCUT2D eigenvalue weighted by atomic mass is 16.6. The van der Waals surface area contributed by atoms with E-state index < -0.39 is 5.60 Å². The third-order valence-electron chi connectivity index (χ3n) is 3.28. The molecule has 0 aromatic rings. The van der Waals surface area contributed by atoms with Gasteiger partial charge in [-0.3, -0.25) is 0 Å². The molecule has 1 unspecified atom stereocenters. The maximum atomic E-state index is 11.9. The van der Waals surface area contributed by atoms with Crippen LogP contribution in [-0.4, -0.2) is 42.4 Å². The molecule has 0 aromatic carbocycles. The molecule has 1 rings (SSSR count). The van der Waals surface area contributed by atoms with Crippen molar-refractivity contribution in [1.82, 2.24) is 4.90 Å². The average molecular weight is 267 g/mol. The first-order chi connectivity index (χ1) is 8.83. The van der Waals surface area contributed by atoms with Gasteiger partial charge in [0.1, 0.15) is 12.2 Å². The molecule has 4 heteroatoms. The van der Waals surface area contributed by atoms with Crippen LogP contribution in [0.1, 0.15) is 40.5 Å². The number of piperidine rings is 1. The Morgan fingerprint density at radius 3 is 2.47 bits per heavy atom. The fourth-order valence-corrected chi connectivity index (χ4v) is 2.19. The van der Waals surface area contributed by atoms with Crippen molar-refractivity contribution in [2.24, 2.45) is 5.92 Å². The number of carbonyl (C=O) groups excluding carboxylic acids is 1. The Balaban J connectivity index is 2.36. The topological polar surface area (TPSA) is 38.8 Å². The molecule has 0 radical (unpaired) electrons. The minimum Gasteiger partial charge on any atom is -0.444 e. The van der Waals surface area contributed by atoms with Gasteiger partial charge >= 0.3 is 6.09 Å². The zero-order valence-corrected chi connectivity index (χ0v) is 12.4. The molecule has 1 saturated heterocycles. The van der Waals surface area contributed by atoms with Crippen LogP contribution in [0.4, 0.5) is 4.79 Å². The van der Waals surface area contributed by atoms with Crippen LogP contribution in [0.5, 0.6) is 0 Å². The van der Waals surface area contributed by atoms with E-state index in [1.807, 2.05) is 27.7 Å². The van der Waals surface area contributed by atoms with Crippen molar-refractivity contribution in [2.75, 3.05) is 19.7 Å². The lowest BCUT2D eigenvalue weighted by molar-refractivity contribution is -0.00265. The second-order valence-electron chi connectivity index (χ2n) is 6.03. The average Bonchev–Trinajstić information content (AvgIpc) is 2.34. The second-order valence-corrected chi connectivity index (χ2v) is 6.03. The van der Waals surface area contributed by atoms with Gasteiger partial charge in [-0.15, -0.1) is 6.42 Å². The van der Waals surface area contributed by atoms with E-state index in [2.05, 4.69) is 5.92 Å². The van der Waals surface area contributed by atoms with Gasteiger partial charge in [-0.25, -0.2) is 4.79 Å². The summed E-state index contributed by atoms with van der Waals surface area (Å²) in [4.78, 5) is 13.7. The summed E-state index contributed by atoms with van der Waals surface area (Å²) in [7, 11) is 0. The van der Waals surface area contributed by atoms with Gasteiger partial charge in [0.25, 0.3) is 0 Å². The molecule has 1 aliphatic rings. The first-order valence-electron chi connectivity index (χ1n) is 6.86. The van der Waals surface area contributed by atoms with Gasteiger partial charge in [0.15, 0.2) is 0 Å². The van der Waals surface area contributed by atoms with E-state index in [0.29, 0.717) is 12.5 Å². The lowest BCUT2D eigenvalue weighted by Gasteiger charge is -2.35. The molecule has 0 bridgehead atoms. The number of carbonyl (C=O) groups is 1. The molecule has 0 saturated carbocycles. The summed E-state index contributed by atoms with van der Waals surface area (Å²) in [6.45, 7) is 9.50. The summed E-state index contributed by atoms with van der Waals surface area (Å²) in [5.74, 6) is 2.95. The van der Waals surface area contributed by atoms with E-state index in [9.17, 15) is 4.79 Å². The summed E-state index contributed by atoms with van der Waals surface area (Å²) >= 11 is 0. The SMILES string of the molecule is C#CCOC(C)C1CCN(C(=O)OC(C)(C)C)CC1. The van der Waals surface area contributed by atoms with Crippen molar-refractivity contribution < 1.29 is 14.3 Å². The number of nitrogens with zero attached hydrogens (tertiary/aromatic N) is 1. The fraction of sp³-hybridized carbons (Fsp3) is 0.800. The molecule has 19 heavy (non-hydrogen) atoms. The third-order valence-corrected chi connectivity index (χ3v) is 3.28. The van der Waals surface area contributed by atoms with E-state index in [-0.39, 0.29) is 12.2 Å². The Hall–Kier alpha value is -1.21. The Morgan fingerprint density at radius 2 is 2.00 bits per heavy atom. The van der Waals surface area contributed by atoms with E-state index >= 15 is 0 Å². The van der Waals surface area contributed by atoms with E-state index in [4.69, 9.17) is 15.9 Å². The first kappa shape index (κ1) is 15.8. The van der Waals surface area contributed by atoms with Gasteiger partial charge in [0.05, 0.1) is 6.10 Å². The van der Waals surface area contributed by atoms with Gasteiger partial charge in [-0.2, -0.15) is 0 Å². The second kappa shape index (κ2) is 6.81. The predicted octanol–water partition coefficient (Wildman–Crippen LogP) is 2.67. The van der Waals surface area contributed by atoms with Crippen LogP contribution in [0, 0.1) is 18.3 Å². The van der Waals surface area contributed by atoms with Crippen molar-refractivity contribution >= 4 is 6.09 Å². The van der Waals surface area contributed by atoms with Crippen LogP contribution in [0.2, 0.25) is 0 Å². The van der Waals surface area contributed by atoms with Crippen LogP contribution < -0.4 is 0 Å². The highest BCUT2D eigenvalue weighted by Crippen LogP contribution is 2.23. The highest BCUT2D eigenvalue weighted by Gasteiger charge is 2.29. The van der Waals surface area contributed by atoms with Crippen LogP contribution in [0.25, 0.3) is 0 Å². The Morgan fingerprint density at radius 1 is 1.42 bits per heavy atom. The lowest BCUT2D eigenvalue weighted by Crippen LogP contribution is -2.43. The maximum absolute atomic E-state index is 11.9. The predicted molar refractivity (Wildman–Crippen MR) is 74.8 cm³/mol. The number of rotatable bonds is 3. The molecule has 1 aliphatic heterocycles.